The molecule has 0 radical (unpaired) electrons. The van der Waals surface area contributed by atoms with Crippen molar-refractivity contribution in [3.63, 3.8) is 0 Å². The van der Waals surface area contributed by atoms with Crippen molar-refractivity contribution in [3.8, 4) is 0 Å². The maximum Gasteiger partial charge on any atom is 0.0208 e. The van der Waals surface area contributed by atoms with E-state index in [2.05, 4.69) is 36.5 Å². The van der Waals surface area contributed by atoms with Crippen molar-refractivity contribution >= 4 is 0 Å². The molecule has 0 amide bonds. The van der Waals surface area contributed by atoms with Crippen LogP contribution in [0.15, 0.2) is 24.3 Å². The molecule has 0 aliphatic heterocycles. The average molecular weight is 257 g/mol. The zero-order valence-electron chi connectivity index (χ0n) is 12.2. The van der Waals surface area contributed by atoms with Gasteiger partial charge in [-0.25, -0.2) is 0 Å². The summed E-state index contributed by atoms with van der Waals surface area (Å²) >= 11 is 0. The molecule has 2 aliphatic rings. The van der Waals surface area contributed by atoms with Gasteiger partial charge in [0.05, 0.1) is 0 Å². The topological polar surface area (TPSA) is 12.0 Å². The molecule has 19 heavy (non-hydrogen) atoms. The van der Waals surface area contributed by atoms with Gasteiger partial charge in [0.1, 0.15) is 0 Å². The van der Waals surface area contributed by atoms with E-state index >= 15 is 0 Å². The lowest BCUT2D eigenvalue weighted by Gasteiger charge is -2.31. The highest BCUT2D eigenvalue weighted by atomic mass is 14.9. The first-order chi connectivity index (χ1) is 9.36. The van der Waals surface area contributed by atoms with Gasteiger partial charge < -0.3 is 5.32 Å². The standard InChI is InChI=1S/C18H27N/c1-2-15-7-3-4-9-18(15)19-13-14-6-5-8-17(12-14)16-10-11-16/h5-6,8,12,15-16,18-19H,2-4,7,9-11,13H2,1H3. The zero-order chi connectivity index (χ0) is 13.1. The minimum Gasteiger partial charge on any atom is -0.310 e. The molecule has 2 saturated carbocycles. The van der Waals surface area contributed by atoms with E-state index in [1.165, 1.54) is 50.5 Å². The number of benzene rings is 1. The van der Waals surface area contributed by atoms with Crippen molar-refractivity contribution in [3.05, 3.63) is 35.4 Å². The van der Waals surface area contributed by atoms with Crippen molar-refractivity contribution < 1.29 is 0 Å². The zero-order valence-corrected chi connectivity index (χ0v) is 12.2. The van der Waals surface area contributed by atoms with Crippen LogP contribution in [0, 0.1) is 5.92 Å². The molecule has 3 rings (SSSR count). The monoisotopic (exact) mass is 257 g/mol. The second-order valence-corrected chi connectivity index (χ2v) is 6.46. The largest absolute Gasteiger partial charge is 0.310 e. The number of nitrogens with one attached hydrogen (secondary N) is 1. The van der Waals surface area contributed by atoms with Crippen LogP contribution in [0.5, 0.6) is 0 Å². The third kappa shape index (κ3) is 3.39. The first-order valence-corrected chi connectivity index (χ1v) is 8.19. The minimum atomic E-state index is 0.753. The van der Waals surface area contributed by atoms with Crippen LogP contribution in [0.4, 0.5) is 0 Å². The van der Waals surface area contributed by atoms with Crippen LogP contribution < -0.4 is 5.32 Å². The van der Waals surface area contributed by atoms with Gasteiger partial charge in [-0.15, -0.1) is 0 Å². The molecule has 1 heteroatoms. The Kier molecular flexibility index (Phi) is 4.22. The molecular formula is C18H27N. The van der Waals surface area contributed by atoms with Gasteiger partial charge >= 0.3 is 0 Å². The Labute approximate surface area is 117 Å². The molecule has 2 aliphatic carbocycles. The lowest BCUT2D eigenvalue weighted by molar-refractivity contribution is 0.254. The summed E-state index contributed by atoms with van der Waals surface area (Å²) in [6, 6.07) is 10.00. The summed E-state index contributed by atoms with van der Waals surface area (Å²) in [5, 5.41) is 3.83. The first kappa shape index (κ1) is 13.2. The summed E-state index contributed by atoms with van der Waals surface area (Å²) < 4.78 is 0. The fraction of sp³-hybridized carbons (Fsp3) is 0.667. The SMILES string of the molecule is CCC1CCCCC1NCc1cccc(C2CC2)c1. The molecule has 2 fully saturated rings. The summed E-state index contributed by atoms with van der Waals surface area (Å²) in [4.78, 5) is 0. The molecule has 0 bridgehead atoms. The molecule has 2 atom stereocenters. The highest BCUT2D eigenvalue weighted by molar-refractivity contribution is 5.29. The van der Waals surface area contributed by atoms with Crippen molar-refractivity contribution in [2.45, 2.75) is 70.4 Å². The second-order valence-electron chi connectivity index (χ2n) is 6.46. The molecule has 0 saturated heterocycles. The molecule has 0 aromatic heterocycles. The maximum absolute atomic E-state index is 3.83. The van der Waals surface area contributed by atoms with Crippen LogP contribution in [0.2, 0.25) is 0 Å². The molecule has 1 N–H and O–H groups in total. The Bertz CT molecular complexity index is 408. The van der Waals surface area contributed by atoms with Crippen molar-refractivity contribution in [1.82, 2.24) is 5.32 Å². The molecule has 2 unspecified atom stereocenters. The first-order valence-electron chi connectivity index (χ1n) is 8.19. The van der Waals surface area contributed by atoms with E-state index in [1.807, 2.05) is 0 Å². The van der Waals surface area contributed by atoms with Gasteiger partial charge in [0.2, 0.25) is 0 Å². The predicted octanol–water partition coefficient (Wildman–Crippen LogP) is 4.62. The van der Waals surface area contributed by atoms with Gasteiger partial charge in [-0.05, 0) is 48.6 Å². The van der Waals surface area contributed by atoms with Crippen molar-refractivity contribution in [2.24, 2.45) is 5.92 Å². The predicted molar refractivity (Wildman–Crippen MR) is 81.3 cm³/mol. The quantitative estimate of drug-likeness (QED) is 0.811. The molecular weight excluding hydrogens is 230 g/mol. The van der Waals surface area contributed by atoms with Gasteiger partial charge in [-0.2, -0.15) is 0 Å². The van der Waals surface area contributed by atoms with Crippen LogP contribution >= 0.6 is 0 Å². The van der Waals surface area contributed by atoms with Crippen LogP contribution in [0.3, 0.4) is 0 Å². The van der Waals surface area contributed by atoms with Crippen LogP contribution in [0.25, 0.3) is 0 Å². The second kappa shape index (κ2) is 6.09. The van der Waals surface area contributed by atoms with E-state index in [9.17, 15) is 0 Å². The Morgan fingerprint density at radius 2 is 1.95 bits per heavy atom. The lowest BCUT2D eigenvalue weighted by atomic mass is 9.83. The fourth-order valence-corrected chi connectivity index (χ4v) is 3.59. The highest BCUT2D eigenvalue weighted by Gasteiger charge is 2.24. The van der Waals surface area contributed by atoms with Gasteiger partial charge in [0, 0.05) is 12.6 Å². The van der Waals surface area contributed by atoms with Crippen molar-refractivity contribution in [2.75, 3.05) is 0 Å². The molecule has 1 aromatic rings. The Balaban J connectivity index is 1.57. The van der Waals surface area contributed by atoms with E-state index in [0.717, 1.165) is 24.4 Å². The van der Waals surface area contributed by atoms with Crippen LogP contribution in [-0.4, -0.2) is 6.04 Å². The Morgan fingerprint density at radius 1 is 1.11 bits per heavy atom. The summed E-state index contributed by atoms with van der Waals surface area (Å²) in [7, 11) is 0. The Hall–Kier alpha value is -0.820. The van der Waals surface area contributed by atoms with Crippen LogP contribution in [0.1, 0.15) is 68.9 Å². The van der Waals surface area contributed by atoms with Gasteiger partial charge in [0.15, 0.2) is 0 Å². The van der Waals surface area contributed by atoms with Crippen molar-refractivity contribution in [1.29, 1.82) is 0 Å². The highest BCUT2D eigenvalue weighted by Crippen LogP contribution is 2.40. The number of rotatable bonds is 5. The summed E-state index contributed by atoms with van der Waals surface area (Å²) in [6.07, 6.45) is 9.79. The Morgan fingerprint density at radius 3 is 2.74 bits per heavy atom. The van der Waals surface area contributed by atoms with Gasteiger partial charge in [0.25, 0.3) is 0 Å². The minimum absolute atomic E-state index is 0.753. The van der Waals surface area contributed by atoms with E-state index < -0.39 is 0 Å². The molecule has 1 aromatic carbocycles. The fourth-order valence-electron chi connectivity index (χ4n) is 3.59. The number of hydrogen-bond donors (Lipinski definition) is 1. The number of hydrogen-bond acceptors (Lipinski definition) is 1. The van der Waals surface area contributed by atoms with E-state index in [4.69, 9.17) is 0 Å². The molecule has 0 spiro atoms. The lowest BCUT2D eigenvalue weighted by Crippen LogP contribution is -2.37. The summed E-state index contributed by atoms with van der Waals surface area (Å²) in [6.45, 7) is 3.40. The summed E-state index contributed by atoms with van der Waals surface area (Å²) in [5.41, 5.74) is 3.04. The normalized spacial score (nSPS) is 27.4. The molecule has 1 nitrogen and oxygen atoms in total. The van der Waals surface area contributed by atoms with Gasteiger partial charge in [-0.1, -0.05) is 50.5 Å². The van der Waals surface area contributed by atoms with Crippen LogP contribution in [-0.2, 0) is 6.54 Å². The molecule has 0 heterocycles. The third-order valence-corrected chi connectivity index (χ3v) is 5.00. The smallest absolute Gasteiger partial charge is 0.0208 e. The third-order valence-electron chi connectivity index (χ3n) is 5.00. The summed E-state index contributed by atoms with van der Waals surface area (Å²) in [5.74, 6) is 1.78. The van der Waals surface area contributed by atoms with E-state index in [0.29, 0.717) is 0 Å². The van der Waals surface area contributed by atoms with Gasteiger partial charge in [-0.3, -0.25) is 0 Å². The van der Waals surface area contributed by atoms with E-state index in [-0.39, 0.29) is 0 Å². The average Bonchev–Trinajstić information content (AvgIpc) is 3.30. The maximum atomic E-state index is 3.83. The molecule has 104 valence electrons. The van der Waals surface area contributed by atoms with E-state index in [1.54, 1.807) is 5.56 Å².